The summed E-state index contributed by atoms with van der Waals surface area (Å²) in [6.45, 7) is 3.54. The third-order valence-corrected chi connectivity index (χ3v) is 2.74. The highest BCUT2D eigenvalue weighted by Gasteiger charge is 2.18. The summed E-state index contributed by atoms with van der Waals surface area (Å²) >= 11 is 3.00. The predicted octanol–water partition coefficient (Wildman–Crippen LogP) is 3.69. The molecule has 0 unspecified atom stereocenters. The minimum Gasteiger partial charge on any atom is -0.324 e. The lowest BCUT2D eigenvalue weighted by atomic mass is 10.0. The molecular weight excluding hydrogens is 264 g/mol. The average molecular weight is 276 g/mol. The summed E-state index contributed by atoms with van der Waals surface area (Å²) in [7, 11) is 0. The monoisotopic (exact) mass is 275 g/mol. The van der Waals surface area contributed by atoms with Crippen molar-refractivity contribution in [3.05, 3.63) is 46.5 Å². The van der Waals surface area contributed by atoms with Gasteiger partial charge in [0, 0.05) is 11.6 Å². The molecule has 15 heavy (non-hydrogen) atoms. The standard InChI is InChI=1S/C11H12BrF2N/c1-2-3-4-9(15)10-8(13)6-5-7(12)11(10)14/h2,5-6,9H,1,3-4,15H2/t9-/m1/s1. The van der Waals surface area contributed by atoms with Crippen molar-refractivity contribution in [2.24, 2.45) is 5.73 Å². The second kappa shape index (κ2) is 5.37. The topological polar surface area (TPSA) is 26.0 Å². The highest BCUT2D eigenvalue weighted by atomic mass is 79.9. The number of hydrogen-bond acceptors (Lipinski definition) is 1. The first-order valence-corrected chi connectivity index (χ1v) is 5.37. The van der Waals surface area contributed by atoms with Gasteiger partial charge in [0.05, 0.1) is 4.47 Å². The molecule has 1 atom stereocenters. The van der Waals surface area contributed by atoms with Gasteiger partial charge in [0.1, 0.15) is 11.6 Å². The molecule has 0 fully saturated rings. The van der Waals surface area contributed by atoms with Crippen LogP contribution in [0.3, 0.4) is 0 Å². The minimum absolute atomic E-state index is 0.0637. The third-order valence-electron chi connectivity index (χ3n) is 2.13. The van der Waals surface area contributed by atoms with Crippen LogP contribution in [0.1, 0.15) is 24.4 Å². The second-order valence-corrected chi connectivity index (χ2v) is 4.08. The van der Waals surface area contributed by atoms with Crippen molar-refractivity contribution in [2.45, 2.75) is 18.9 Å². The molecular formula is C11H12BrF2N. The van der Waals surface area contributed by atoms with Crippen molar-refractivity contribution in [2.75, 3.05) is 0 Å². The molecule has 2 N–H and O–H groups in total. The van der Waals surface area contributed by atoms with E-state index in [9.17, 15) is 8.78 Å². The zero-order valence-electron chi connectivity index (χ0n) is 8.14. The highest BCUT2D eigenvalue weighted by Crippen LogP contribution is 2.27. The molecule has 0 amide bonds. The van der Waals surface area contributed by atoms with E-state index in [1.54, 1.807) is 6.08 Å². The minimum atomic E-state index is -0.638. The van der Waals surface area contributed by atoms with Crippen LogP contribution < -0.4 is 5.73 Å². The van der Waals surface area contributed by atoms with Crippen molar-refractivity contribution in [1.82, 2.24) is 0 Å². The lowest BCUT2D eigenvalue weighted by Crippen LogP contribution is -2.14. The van der Waals surface area contributed by atoms with Crippen LogP contribution in [0.15, 0.2) is 29.3 Å². The van der Waals surface area contributed by atoms with Gasteiger partial charge in [-0.2, -0.15) is 0 Å². The van der Waals surface area contributed by atoms with Crippen LogP contribution in [-0.4, -0.2) is 0 Å². The maximum Gasteiger partial charge on any atom is 0.145 e. The van der Waals surface area contributed by atoms with Crippen LogP contribution in [0.25, 0.3) is 0 Å². The summed E-state index contributed by atoms with van der Waals surface area (Å²) in [5.74, 6) is -1.22. The SMILES string of the molecule is C=CCC[C@@H](N)c1c(F)ccc(Br)c1F. The molecule has 0 saturated carbocycles. The van der Waals surface area contributed by atoms with Crippen molar-refractivity contribution in [1.29, 1.82) is 0 Å². The Balaban J connectivity index is 3.01. The molecule has 82 valence electrons. The Morgan fingerprint density at radius 1 is 1.47 bits per heavy atom. The fraction of sp³-hybridized carbons (Fsp3) is 0.273. The van der Waals surface area contributed by atoms with E-state index in [-0.39, 0.29) is 10.0 Å². The summed E-state index contributed by atoms with van der Waals surface area (Å²) in [4.78, 5) is 0. The molecule has 4 heteroatoms. The maximum absolute atomic E-state index is 13.5. The first-order valence-electron chi connectivity index (χ1n) is 4.57. The van der Waals surface area contributed by atoms with Gasteiger partial charge in [-0.1, -0.05) is 6.08 Å². The van der Waals surface area contributed by atoms with Gasteiger partial charge in [-0.3, -0.25) is 0 Å². The fourth-order valence-corrected chi connectivity index (χ4v) is 1.67. The molecule has 0 heterocycles. The summed E-state index contributed by atoms with van der Waals surface area (Å²) in [6.07, 6.45) is 2.79. The molecule has 0 aromatic heterocycles. The van der Waals surface area contributed by atoms with Crippen LogP contribution in [-0.2, 0) is 0 Å². The first kappa shape index (κ1) is 12.3. The quantitative estimate of drug-likeness (QED) is 0.658. The van der Waals surface area contributed by atoms with Crippen molar-refractivity contribution >= 4 is 15.9 Å². The third kappa shape index (κ3) is 2.86. The van der Waals surface area contributed by atoms with E-state index in [0.717, 1.165) is 0 Å². The smallest absolute Gasteiger partial charge is 0.145 e. The molecule has 0 aliphatic rings. The number of allylic oxidation sites excluding steroid dienone is 1. The van der Waals surface area contributed by atoms with E-state index in [1.165, 1.54) is 12.1 Å². The Morgan fingerprint density at radius 2 is 2.13 bits per heavy atom. The summed E-state index contributed by atoms with van der Waals surface area (Å²) in [5, 5.41) is 0. The normalized spacial score (nSPS) is 12.5. The molecule has 0 aliphatic heterocycles. The Kier molecular flexibility index (Phi) is 4.42. The molecule has 0 radical (unpaired) electrons. The van der Waals surface area contributed by atoms with Crippen LogP contribution in [0, 0.1) is 11.6 Å². The highest BCUT2D eigenvalue weighted by molar-refractivity contribution is 9.10. The Morgan fingerprint density at radius 3 is 2.73 bits per heavy atom. The van der Waals surface area contributed by atoms with Crippen LogP contribution in [0.2, 0.25) is 0 Å². The van der Waals surface area contributed by atoms with Crippen LogP contribution in [0.5, 0.6) is 0 Å². The van der Waals surface area contributed by atoms with Gasteiger partial charge >= 0.3 is 0 Å². The van der Waals surface area contributed by atoms with E-state index < -0.39 is 17.7 Å². The molecule has 1 aromatic rings. The fourth-order valence-electron chi connectivity index (χ4n) is 1.32. The average Bonchev–Trinajstić information content (AvgIpc) is 2.21. The van der Waals surface area contributed by atoms with Crippen molar-refractivity contribution < 1.29 is 8.78 Å². The number of halogens is 3. The number of hydrogen-bond donors (Lipinski definition) is 1. The van der Waals surface area contributed by atoms with Gasteiger partial charge in [-0.15, -0.1) is 6.58 Å². The zero-order valence-corrected chi connectivity index (χ0v) is 9.73. The van der Waals surface area contributed by atoms with E-state index >= 15 is 0 Å². The van der Waals surface area contributed by atoms with E-state index in [4.69, 9.17) is 5.73 Å². The Hall–Kier alpha value is -0.740. The van der Waals surface area contributed by atoms with Gasteiger partial charge in [-0.25, -0.2) is 8.78 Å². The van der Waals surface area contributed by atoms with Crippen molar-refractivity contribution in [3.63, 3.8) is 0 Å². The number of benzene rings is 1. The molecule has 0 spiro atoms. The van der Waals surface area contributed by atoms with Gasteiger partial charge in [0.2, 0.25) is 0 Å². The Labute approximate surface area is 96.1 Å². The molecule has 1 rings (SSSR count). The molecule has 1 aromatic carbocycles. The van der Waals surface area contributed by atoms with Crippen LogP contribution in [0.4, 0.5) is 8.78 Å². The van der Waals surface area contributed by atoms with E-state index in [2.05, 4.69) is 22.5 Å². The predicted molar refractivity (Wildman–Crippen MR) is 60.4 cm³/mol. The lowest BCUT2D eigenvalue weighted by Gasteiger charge is -2.13. The van der Waals surface area contributed by atoms with Gasteiger partial charge < -0.3 is 5.73 Å². The summed E-state index contributed by atoms with van der Waals surface area (Å²) < 4.78 is 27.1. The van der Waals surface area contributed by atoms with Gasteiger partial charge in [0.25, 0.3) is 0 Å². The molecule has 1 nitrogen and oxygen atoms in total. The summed E-state index contributed by atoms with van der Waals surface area (Å²) in [5.41, 5.74) is 5.64. The maximum atomic E-state index is 13.5. The van der Waals surface area contributed by atoms with Gasteiger partial charge in [0.15, 0.2) is 0 Å². The lowest BCUT2D eigenvalue weighted by molar-refractivity contribution is 0.511. The van der Waals surface area contributed by atoms with Gasteiger partial charge in [-0.05, 0) is 40.9 Å². The van der Waals surface area contributed by atoms with E-state index in [1.807, 2.05) is 0 Å². The number of nitrogens with two attached hydrogens (primary N) is 1. The Bertz CT molecular complexity index is 366. The van der Waals surface area contributed by atoms with E-state index in [0.29, 0.717) is 12.8 Å². The summed E-state index contributed by atoms with van der Waals surface area (Å²) in [6, 6.07) is 1.89. The van der Waals surface area contributed by atoms with Crippen LogP contribution >= 0.6 is 15.9 Å². The zero-order chi connectivity index (χ0) is 11.4. The second-order valence-electron chi connectivity index (χ2n) is 3.23. The molecule has 0 aliphatic carbocycles. The largest absolute Gasteiger partial charge is 0.324 e. The number of rotatable bonds is 4. The van der Waals surface area contributed by atoms with Crippen molar-refractivity contribution in [3.8, 4) is 0 Å². The molecule has 0 bridgehead atoms. The molecule has 0 saturated heterocycles. The first-order chi connectivity index (χ1) is 7.07.